The summed E-state index contributed by atoms with van der Waals surface area (Å²) in [6.07, 6.45) is -0.585. The molecule has 140 valence electrons. The fourth-order valence-electron chi connectivity index (χ4n) is 1.91. The number of carboxylic acid groups (broad SMARTS) is 1. The largest absolute Gasteiger partial charge is 0.493 e. The van der Waals surface area contributed by atoms with Crippen molar-refractivity contribution in [2.75, 3.05) is 6.61 Å². The zero-order chi connectivity index (χ0) is 19.3. The summed E-state index contributed by atoms with van der Waals surface area (Å²) in [4.78, 5) is 23.2. The lowest BCUT2D eigenvalue weighted by Gasteiger charge is -2.22. The van der Waals surface area contributed by atoms with Crippen LogP contribution in [0.4, 0.5) is 4.79 Å². The maximum absolute atomic E-state index is 11.8. The summed E-state index contributed by atoms with van der Waals surface area (Å²) in [5.41, 5.74) is 0.162. The first-order chi connectivity index (χ1) is 11.4. The minimum Gasteiger partial charge on any atom is -0.493 e. The molecule has 1 rings (SSSR count). The van der Waals surface area contributed by atoms with E-state index in [1.54, 1.807) is 45.0 Å². The van der Waals surface area contributed by atoms with Crippen LogP contribution in [0.5, 0.6) is 5.75 Å². The number of aliphatic carboxylic acids is 1. The predicted molar refractivity (Wildman–Crippen MR) is 95.9 cm³/mol. The predicted octanol–water partition coefficient (Wildman–Crippen LogP) is 3.63. The molecule has 6 nitrogen and oxygen atoms in total. The summed E-state index contributed by atoms with van der Waals surface area (Å²) in [5.74, 6) is -0.385. The SMILES string of the molecule is CC(C)(C)COc1ccc(CC(NC(=O)OC(C)(C)C)C(=O)O)cc1. The van der Waals surface area contributed by atoms with Gasteiger partial charge in [0.15, 0.2) is 0 Å². The average Bonchev–Trinajstić information content (AvgIpc) is 2.43. The van der Waals surface area contributed by atoms with Gasteiger partial charge in [-0.05, 0) is 43.9 Å². The van der Waals surface area contributed by atoms with Crippen molar-refractivity contribution in [1.29, 1.82) is 0 Å². The second-order valence-corrected chi connectivity index (χ2v) is 8.23. The Morgan fingerprint density at radius 2 is 1.64 bits per heavy atom. The molecule has 0 saturated carbocycles. The molecule has 1 aromatic carbocycles. The van der Waals surface area contributed by atoms with Gasteiger partial charge in [0.2, 0.25) is 0 Å². The molecule has 0 saturated heterocycles. The maximum atomic E-state index is 11.8. The minimum atomic E-state index is -1.11. The normalized spacial score (nSPS) is 13.0. The number of carboxylic acids is 1. The van der Waals surface area contributed by atoms with Crippen LogP contribution in [0.3, 0.4) is 0 Å². The molecule has 25 heavy (non-hydrogen) atoms. The maximum Gasteiger partial charge on any atom is 0.408 e. The highest BCUT2D eigenvalue weighted by molar-refractivity contribution is 5.80. The summed E-state index contributed by atoms with van der Waals surface area (Å²) in [6.45, 7) is 12.0. The Kier molecular flexibility index (Phi) is 6.85. The molecule has 1 atom stereocenters. The van der Waals surface area contributed by atoms with E-state index in [-0.39, 0.29) is 11.8 Å². The highest BCUT2D eigenvalue weighted by Crippen LogP contribution is 2.19. The van der Waals surface area contributed by atoms with Crippen LogP contribution in [0, 0.1) is 5.41 Å². The van der Waals surface area contributed by atoms with E-state index in [9.17, 15) is 14.7 Å². The smallest absolute Gasteiger partial charge is 0.408 e. The first kappa shape index (κ1) is 20.8. The van der Waals surface area contributed by atoms with Crippen LogP contribution in [0.25, 0.3) is 0 Å². The van der Waals surface area contributed by atoms with Gasteiger partial charge < -0.3 is 19.9 Å². The Bertz CT molecular complexity index is 581. The second kappa shape index (κ2) is 8.23. The molecule has 6 heteroatoms. The van der Waals surface area contributed by atoms with Crippen molar-refractivity contribution in [2.45, 2.75) is 59.6 Å². The zero-order valence-corrected chi connectivity index (χ0v) is 15.9. The molecular weight excluding hydrogens is 322 g/mol. The first-order valence-corrected chi connectivity index (χ1v) is 8.30. The molecule has 0 aliphatic rings. The number of carbonyl (C=O) groups is 2. The number of amides is 1. The highest BCUT2D eigenvalue weighted by atomic mass is 16.6. The Balaban J connectivity index is 2.66. The van der Waals surface area contributed by atoms with Gasteiger partial charge in [-0.25, -0.2) is 9.59 Å². The number of ether oxygens (including phenoxy) is 2. The van der Waals surface area contributed by atoms with E-state index >= 15 is 0 Å². The third-order valence-corrected chi connectivity index (χ3v) is 3.02. The van der Waals surface area contributed by atoms with Gasteiger partial charge in [0.1, 0.15) is 17.4 Å². The number of hydrogen-bond acceptors (Lipinski definition) is 4. The van der Waals surface area contributed by atoms with Crippen LogP contribution in [-0.2, 0) is 16.0 Å². The van der Waals surface area contributed by atoms with E-state index < -0.39 is 23.7 Å². The molecule has 1 unspecified atom stereocenters. The van der Waals surface area contributed by atoms with E-state index in [0.717, 1.165) is 11.3 Å². The van der Waals surface area contributed by atoms with Crippen LogP contribution in [0.1, 0.15) is 47.1 Å². The zero-order valence-electron chi connectivity index (χ0n) is 15.9. The van der Waals surface area contributed by atoms with Gasteiger partial charge in [0.05, 0.1) is 6.61 Å². The molecule has 1 aromatic rings. The Labute approximate surface area is 149 Å². The molecule has 2 N–H and O–H groups in total. The summed E-state index contributed by atoms with van der Waals surface area (Å²) in [7, 11) is 0. The van der Waals surface area contributed by atoms with Crippen molar-refractivity contribution >= 4 is 12.1 Å². The van der Waals surface area contributed by atoms with Gasteiger partial charge in [0.25, 0.3) is 0 Å². The molecule has 0 heterocycles. The third-order valence-electron chi connectivity index (χ3n) is 3.02. The van der Waals surface area contributed by atoms with Crippen LogP contribution >= 0.6 is 0 Å². The number of rotatable bonds is 6. The molecule has 0 aromatic heterocycles. The van der Waals surface area contributed by atoms with Crippen LogP contribution in [0.15, 0.2) is 24.3 Å². The summed E-state index contributed by atoms with van der Waals surface area (Å²) in [6, 6.07) is 6.13. The van der Waals surface area contributed by atoms with Gasteiger partial charge in [-0.15, -0.1) is 0 Å². The lowest BCUT2D eigenvalue weighted by Crippen LogP contribution is -2.44. The Hall–Kier alpha value is -2.24. The number of benzene rings is 1. The lowest BCUT2D eigenvalue weighted by molar-refractivity contribution is -0.139. The van der Waals surface area contributed by atoms with E-state index in [4.69, 9.17) is 9.47 Å². The van der Waals surface area contributed by atoms with Crippen LogP contribution < -0.4 is 10.1 Å². The van der Waals surface area contributed by atoms with Crippen LogP contribution in [0.2, 0.25) is 0 Å². The fourth-order valence-corrected chi connectivity index (χ4v) is 1.91. The summed E-state index contributed by atoms with van der Waals surface area (Å²) < 4.78 is 10.8. The van der Waals surface area contributed by atoms with Crippen molar-refractivity contribution in [3.05, 3.63) is 29.8 Å². The standard InChI is InChI=1S/C19H29NO5/c1-18(2,3)12-24-14-9-7-13(8-10-14)11-15(16(21)22)20-17(23)25-19(4,5)6/h7-10,15H,11-12H2,1-6H3,(H,20,23)(H,21,22). The van der Waals surface area contributed by atoms with Crippen molar-refractivity contribution < 1.29 is 24.2 Å². The van der Waals surface area contributed by atoms with Crippen molar-refractivity contribution in [1.82, 2.24) is 5.32 Å². The average molecular weight is 351 g/mol. The number of alkyl carbamates (subject to hydrolysis) is 1. The lowest BCUT2D eigenvalue weighted by atomic mass is 9.99. The van der Waals surface area contributed by atoms with Crippen molar-refractivity contribution in [2.24, 2.45) is 5.41 Å². The van der Waals surface area contributed by atoms with Gasteiger partial charge in [-0.1, -0.05) is 32.9 Å². The minimum absolute atomic E-state index is 0.0599. The quantitative estimate of drug-likeness (QED) is 0.817. The van der Waals surface area contributed by atoms with E-state index in [2.05, 4.69) is 26.1 Å². The van der Waals surface area contributed by atoms with E-state index in [0.29, 0.717) is 6.61 Å². The Morgan fingerprint density at radius 3 is 2.08 bits per heavy atom. The second-order valence-electron chi connectivity index (χ2n) is 8.23. The van der Waals surface area contributed by atoms with E-state index in [1.165, 1.54) is 0 Å². The molecule has 0 spiro atoms. The van der Waals surface area contributed by atoms with Gasteiger partial charge in [-0.3, -0.25) is 0 Å². The molecule has 0 bridgehead atoms. The molecule has 1 amide bonds. The third kappa shape index (κ3) is 8.98. The van der Waals surface area contributed by atoms with Gasteiger partial charge in [-0.2, -0.15) is 0 Å². The van der Waals surface area contributed by atoms with Crippen LogP contribution in [-0.4, -0.2) is 35.4 Å². The number of carbonyl (C=O) groups excluding carboxylic acids is 1. The molecule has 0 radical (unpaired) electrons. The van der Waals surface area contributed by atoms with Gasteiger partial charge >= 0.3 is 12.1 Å². The highest BCUT2D eigenvalue weighted by Gasteiger charge is 2.24. The molecular formula is C19H29NO5. The first-order valence-electron chi connectivity index (χ1n) is 8.30. The topological polar surface area (TPSA) is 84.9 Å². The summed E-state index contributed by atoms with van der Waals surface area (Å²) >= 11 is 0. The molecule has 0 aliphatic carbocycles. The Morgan fingerprint density at radius 1 is 1.08 bits per heavy atom. The fraction of sp³-hybridized carbons (Fsp3) is 0.579. The van der Waals surface area contributed by atoms with Crippen molar-refractivity contribution in [3.8, 4) is 5.75 Å². The monoisotopic (exact) mass is 351 g/mol. The number of nitrogens with one attached hydrogen (secondary N) is 1. The van der Waals surface area contributed by atoms with Crippen molar-refractivity contribution in [3.63, 3.8) is 0 Å². The summed E-state index contributed by atoms with van der Waals surface area (Å²) in [5, 5.41) is 11.7. The number of hydrogen-bond donors (Lipinski definition) is 2. The molecule has 0 aliphatic heterocycles. The van der Waals surface area contributed by atoms with Gasteiger partial charge in [0, 0.05) is 6.42 Å². The molecule has 0 fully saturated rings. The van der Waals surface area contributed by atoms with E-state index in [1.807, 2.05) is 0 Å².